The lowest BCUT2D eigenvalue weighted by Crippen LogP contribution is -2.49. The zero-order valence-electron chi connectivity index (χ0n) is 37.6. The Balaban J connectivity index is 1.21. The van der Waals surface area contributed by atoms with E-state index in [1.54, 1.807) is 11.3 Å². The minimum absolute atomic E-state index is 0.630. The van der Waals surface area contributed by atoms with Crippen molar-refractivity contribution in [1.82, 2.24) is 19.5 Å². The molecule has 0 bridgehead atoms. The summed E-state index contributed by atoms with van der Waals surface area (Å²) in [4.78, 5) is 16.3. The first-order valence-electron chi connectivity index (χ1n) is 22.1. The predicted molar refractivity (Wildman–Crippen MR) is 300 cm³/mol. The van der Waals surface area contributed by atoms with E-state index < -0.39 is 0 Å². The number of aromatic nitrogens is 4. The molecule has 4 nitrogen and oxygen atoms in total. The van der Waals surface area contributed by atoms with E-state index in [-0.39, 0.29) is 0 Å². The van der Waals surface area contributed by atoms with Gasteiger partial charge in [-0.05, 0) is 45.7 Å². The molecule has 0 N–H and O–H groups in total. The van der Waals surface area contributed by atoms with Crippen molar-refractivity contribution < 1.29 is 0 Å². The van der Waals surface area contributed by atoms with Gasteiger partial charge in [-0.25, -0.2) is 15.0 Å². The lowest BCUT2D eigenvalue weighted by Gasteiger charge is -2.20. The lowest BCUT2D eigenvalue weighted by atomic mass is 9.63. The Morgan fingerprint density at radius 1 is 0.344 bits per heavy atom. The molecule has 64 heavy (non-hydrogen) atoms. The van der Waals surface area contributed by atoms with E-state index in [2.05, 4.69) is 213 Å². The molecular weight excluding hydrogens is 787 g/mol. The van der Waals surface area contributed by atoms with Gasteiger partial charge in [-0.1, -0.05) is 160 Å². The van der Waals surface area contributed by atoms with Crippen molar-refractivity contribution in [1.29, 1.82) is 0 Å². The number of hydrogen-bond donors (Lipinski definition) is 0. The maximum atomic E-state index is 5.47. The molecule has 0 radical (unpaired) electrons. The molecule has 0 fully saturated rings. The molecule has 11 aromatic rings. The third-order valence-electron chi connectivity index (χ3n) is 14.1. The van der Waals surface area contributed by atoms with Crippen LogP contribution in [0.1, 0.15) is 0 Å². The second kappa shape index (κ2) is 15.5. The van der Waals surface area contributed by atoms with E-state index in [1.807, 2.05) is 0 Å². The van der Waals surface area contributed by atoms with Crippen molar-refractivity contribution in [3.63, 3.8) is 0 Å². The second-order valence-electron chi connectivity index (χ2n) is 17.3. The molecule has 0 unspecified atom stereocenters. The molecule has 0 atom stereocenters. The fourth-order valence-corrected chi connectivity index (χ4v) is 11.3. The van der Waals surface area contributed by atoms with Crippen molar-refractivity contribution >= 4 is 160 Å². The molecule has 3 heterocycles. The molecule has 0 aliphatic heterocycles. The summed E-state index contributed by atoms with van der Waals surface area (Å²) in [6.07, 6.45) is 0. The molecule has 0 spiro atoms. The van der Waals surface area contributed by atoms with Crippen molar-refractivity contribution in [2.75, 3.05) is 0 Å². The molecule has 0 aliphatic rings. The smallest absolute Gasteiger partial charge is 0.165 e. The monoisotopic (exact) mass is 828 g/mol. The van der Waals surface area contributed by atoms with Crippen LogP contribution >= 0.6 is 11.3 Å². The molecule has 0 saturated carbocycles. The molecule has 294 valence electrons. The van der Waals surface area contributed by atoms with Crippen molar-refractivity contribution in [2.24, 2.45) is 0 Å². The van der Waals surface area contributed by atoms with Crippen LogP contribution in [0.15, 0.2) is 146 Å². The first kappa shape index (κ1) is 40.1. The summed E-state index contributed by atoms with van der Waals surface area (Å²) in [6, 6.07) is 51.7. The number of rotatable bonds is 6. The molecule has 0 aliphatic carbocycles. The summed E-state index contributed by atoms with van der Waals surface area (Å²) in [5.41, 5.74) is 21.6. The Kier molecular flexibility index (Phi) is 9.73. The first-order valence-corrected chi connectivity index (χ1v) is 23.0. The van der Waals surface area contributed by atoms with E-state index >= 15 is 0 Å². The lowest BCUT2D eigenvalue weighted by molar-refractivity contribution is 1.08. The van der Waals surface area contributed by atoms with Crippen molar-refractivity contribution in [3.05, 3.63) is 146 Å². The maximum absolute atomic E-state index is 5.47. The highest BCUT2D eigenvalue weighted by Gasteiger charge is 2.26. The maximum Gasteiger partial charge on any atom is 0.165 e. The van der Waals surface area contributed by atoms with E-state index in [9.17, 15) is 0 Å². The van der Waals surface area contributed by atoms with Gasteiger partial charge in [0.1, 0.15) is 62.8 Å². The average Bonchev–Trinajstić information content (AvgIpc) is 3.91. The van der Waals surface area contributed by atoms with Gasteiger partial charge < -0.3 is 4.57 Å². The number of fused-ring (bicyclic) bond motifs is 6. The number of hydrogen-bond acceptors (Lipinski definition) is 4. The van der Waals surface area contributed by atoms with Crippen LogP contribution in [0.3, 0.4) is 0 Å². The Hall–Kier alpha value is -6.69. The van der Waals surface area contributed by atoms with Crippen LogP contribution < -0.4 is 43.7 Å². The normalized spacial score (nSPS) is 11.6. The van der Waals surface area contributed by atoms with E-state index in [4.69, 9.17) is 15.0 Å². The second-order valence-corrected chi connectivity index (χ2v) is 18.4. The Morgan fingerprint density at radius 2 is 0.781 bits per heavy atom. The Labute approximate surface area is 384 Å². The molecule has 8 aromatic carbocycles. The highest BCUT2D eigenvalue weighted by molar-refractivity contribution is 7.26. The number of thiophene rings is 1. The van der Waals surface area contributed by atoms with Crippen LogP contribution in [0.2, 0.25) is 0 Å². The van der Waals surface area contributed by atoms with Gasteiger partial charge >= 0.3 is 0 Å². The average molecular weight is 827 g/mol. The number of para-hydroxylation sites is 1. The van der Waals surface area contributed by atoms with E-state index in [0.29, 0.717) is 17.5 Å². The zero-order chi connectivity index (χ0) is 44.0. The number of nitrogens with zero attached hydrogens (tertiary/aromatic N) is 4. The van der Waals surface area contributed by atoms with Crippen LogP contribution in [-0.2, 0) is 0 Å². The highest BCUT2D eigenvalue weighted by Crippen LogP contribution is 2.42. The van der Waals surface area contributed by atoms with Gasteiger partial charge in [0, 0.05) is 53.5 Å². The topological polar surface area (TPSA) is 43.6 Å². The Bertz CT molecular complexity index is 3660. The fourth-order valence-electron chi connectivity index (χ4n) is 10.1. The third-order valence-corrected chi connectivity index (χ3v) is 15.4. The van der Waals surface area contributed by atoms with Gasteiger partial charge in [0.2, 0.25) is 0 Å². The third kappa shape index (κ3) is 6.12. The summed E-state index contributed by atoms with van der Waals surface area (Å²) in [5, 5.41) is 5.15. The van der Waals surface area contributed by atoms with Crippen LogP contribution in [0, 0.1) is 0 Å². The molecule has 11 rings (SSSR count). The molecular formula is C51H40B8N4S. The Morgan fingerprint density at radius 3 is 1.41 bits per heavy atom. The fraction of sp³-hybridized carbons (Fsp3) is 0. The first-order chi connectivity index (χ1) is 31.1. The van der Waals surface area contributed by atoms with Gasteiger partial charge in [0.15, 0.2) is 17.5 Å². The molecule has 0 saturated heterocycles. The van der Waals surface area contributed by atoms with E-state index in [1.165, 1.54) is 85.7 Å². The van der Waals surface area contributed by atoms with Gasteiger partial charge in [-0.2, -0.15) is 0 Å². The minimum atomic E-state index is 0.630. The summed E-state index contributed by atoms with van der Waals surface area (Å²) in [5.74, 6) is 1.92. The largest absolute Gasteiger partial charge is 0.310 e. The van der Waals surface area contributed by atoms with Gasteiger partial charge in [-0.3, -0.25) is 0 Å². The molecule has 3 aromatic heterocycles. The van der Waals surface area contributed by atoms with E-state index in [0.717, 1.165) is 44.6 Å². The van der Waals surface area contributed by atoms with Crippen LogP contribution in [0.5, 0.6) is 0 Å². The zero-order valence-corrected chi connectivity index (χ0v) is 38.4. The van der Waals surface area contributed by atoms with Crippen molar-refractivity contribution in [2.45, 2.75) is 0 Å². The van der Waals surface area contributed by atoms with Gasteiger partial charge in [-0.15, -0.1) is 22.3 Å². The SMILES string of the molecule is Bc1c(B)c(B)c2c(c1B)c1c(B)c(B)c(B)c(B)c1n2-c1ccccc1-c1ccccc1-c1nc(-c2ccccc2-c2ccccc2)nc(-c2cccc3c2sc2ccccc23)n1. The van der Waals surface area contributed by atoms with Gasteiger partial charge in [0.25, 0.3) is 0 Å². The van der Waals surface area contributed by atoms with Gasteiger partial charge in [0.05, 0.1) is 5.69 Å². The quantitative estimate of drug-likeness (QED) is 0.218. The summed E-state index contributed by atoms with van der Waals surface area (Å²) < 4.78 is 4.98. The summed E-state index contributed by atoms with van der Waals surface area (Å²) in [6.45, 7) is 0. The highest BCUT2D eigenvalue weighted by atomic mass is 32.1. The predicted octanol–water partition coefficient (Wildman–Crippen LogP) is -0.261. The molecule has 0 amide bonds. The number of benzene rings is 8. The minimum Gasteiger partial charge on any atom is -0.310 e. The van der Waals surface area contributed by atoms with Crippen molar-refractivity contribution in [3.8, 4) is 62.1 Å². The summed E-state index contributed by atoms with van der Waals surface area (Å²) >= 11 is 1.79. The van der Waals surface area contributed by atoms with Crippen LogP contribution in [-0.4, -0.2) is 82.3 Å². The van der Waals surface area contributed by atoms with Crippen LogP contribution in [0.25, 0.3) is 104 Å². The summed E-state index contributed by atoms with van der Waals surface area (Å²) in [7, 11) is 18.4. The van der Waals surface area contributed by atoms with Crippen LogP contribution in [0.4, 0.5) is 0 Å². The molecule has 13 heteroatoms. The standard InChI is InChI=1S/C51H40B8N4S/c52-38-36-37-39(53)41(55)43(57)45(59)47(37)63(46(36)44(58)42(56)40(38)54)34-23-10-8-17-28(34)27-16-5-7-20-32(27)50-60-49(31-19-6-4-15-26(31)25-13-2-1-3-14-25)61-51(62-50)33-22-12-21-30-29-18-9-11-24-35(29)64-48(30)33/h1-24H,52-59H2.